The lowest BCUT2D eigenvalue weighted by atomic mass is 9.81. The van der Waals surface area contributed by atoms with Crippen LogP contribution in [0.15, 0.2) is 36.7 Å². The molecule has 0 bridgehead atoms. The lowest BCUT2D eigenvalue weighted by Crippen LogP contribution is -2.39. The summed E-state index contributed by atoms with van der Waals surface area (Å²) in [5, 5.41) is 7.36. The second-order valence-electron chi connectivity index (χ2n) is 8.31. The van der Waals surface area contributed by atoms with Crippen LogP contribution in [0.2, 0.25) is 0 Å². The molecule has 0 atom stereocenters. The van der Waals surface area contributed by atoms with E-state index in [1.54, 1.807) is 10.7 Å². The van der Waals surface area contributed by atoms with Crippen molar-refractivity contribution in [3.8, 4) is 16.9 Å². The molecule has 2 fully saturated rings. The average Bonchev–Trinajstić information content (AvgIpc) is 3.45. The van der Waals surface area contributed by atoms with Gasteiger partial charge in [-0.15, -0.1) is 0 Å². The topological polar surface area (TPSA) is 94.5 Å². The van der Waals surface area contributed by atoms with E-state index in [0.717, 1.165) is 53.8 Å². The minimum absolute atomic E-state index is 0.0600. The second kappa shape index (κ2) is 7.15. The number of hydrogen-bond acceptors (Lipinski definition) is 5. The maximum atomic E-state index is 12.0. The van der Waals surface area contributed by atoms with Crippen molar-refractivity contribution in [1.82, 2.24) is 14.6 Å². The van der Waals surface area contributed by atoms with E-state index in [-0.39, 0.29) is 11.8 Å². The van der Waals surface area contributed by atoms with Crippen LogP contribution in [0.4, 0.5) is 5.82 Å². The Labute approximate surface area is 169 Å². The minimum atomic E-state index is 0.0600. The highest BCUT2D eigenvalue weighted by Crippen LogP contribution is 2.34. The van der Waals surface area contributed by atoms with E-state index >= 15 is 0 Å². The predicted molar refractivity (Wildman–Crippen MR) is 111 cm³/mol. The number of fused-ring (bicyclic) bond motifs is 1. The van der Waals surface area contributed by atoms with E-state index in [1.807, 2.05) is 31.3 Å². The SMILES string of the molecule is Cc1cc(-c2ccn3nc(NC(=O)C4CC4)cc3c2)c(OCC2CC(N)C2)cn1. The third kappa shape index (κ3) is 3.82. The van der Waals surface area contributed by atoms with E-state index in [9.17, 15) is 4.79 Å². The summed E-state index contributed by atoms with van der Waals surface area (Å²) in [5.74, 6) is 2.10. The molecular weight excluding hydrogens is 366 g/mol. The summed E-state index contributed by atoms with van der Waals surface area (Å²) in [7, 11) is 0. The van der Waals surface area contributed by atoms with E-state index in [4.69, 9.17) is 10.5 Å². The van der Waals surface area contributed by atoms with Crippen molar-refractivity contribution in [3.63, 3.8) is 0 Å². The van der Waals surface area contributed by atoms with Crippen molar-refractivity contribution < 1.29 is 9.53 Å². The van der Waals surface area contributed by atoms with Gasteiger partial charge in [0.2, 0.25) is 5.91 Å². The number of nitrogens with two attached hydrogens (primary N) is 1. The Morgan fingerprint density at radius 3 is 2.90 bits per heavy atom. The van der Waals surface area contributed by atoms with Crippen LogP contribution in [0.5, 0.6) is 5.75 Å². The van der Waals surface area contributed by atoms with Crippen LogP contribution in [0.1, 0.15) is 31.4 Å². The van der Waals surface area contributed by atoms with Crippen LogP contribution in [-0.4, -0.2) is 33.2 Å². The van der Waals surface area contributed by atoms with Gasteiger partial charge >= 0.3 is 0 Å². The largest absolute Gasteiger partial charge is 0.491 e. The number of nitrogens with zero attached hydrogens (tertiary/aromatic N) is 3. The third-order valence-corrected chi connectivity index (χ3v) is 5.72. The highest BCUT2D eigenvalue weighted by molar-refractivity contribution is 5.93. The molecule has 150 valence electrons. The van der Waals surface area contributed by atoms with Gasteiger partial charge in [-0.3, -0.25) is 9.78 Å². The number of amides is 1. The zero-order valence-electron chi connectivity index (χ0n) is 16.5. The molecule has 0 aliphatic heterocycles. The molecule has 7 nitrogen and oxygen atoms in total. The van der Waals surface area contributed by atoms with Gasteiger partial charge in [-0.1, -0.05) is 0 Å². The van der Waals surface area contributed by atoms with Gasteiger partial charge in [0.05, 0.1) is 18.3 Å². The maximum Gasteiger partial charge on any atom is 0.228 e. The second-order valence-corrected chi connectivity index (χ2v) is 8.31. The molecule has 0 radical (unpaired) electrons. The van der Waals surface area contributed by atoms with Crippen molar-refractivity contribution in [2.45, 2.75) is 38.6 Å². The molecule has 0 aromatic carbocycles. The highest BCUT2D eigenvalue weighted by atomic mass is 16.5. The Kier molecular flexibility index (Phi) is 4.47. The van der Waals surface area contributed by atoms with E-state index in [0.29, 0.717) is 24.4 Å². The lowest BCUT2D eigenvalue weighted by molar-refractivity contribution is -0.117. The van der Waals surface area contributed by atoms with E-state index in [1.165, 1.54) is 0 Å². The fourth-order valence-corrected chi connectivity index (χ4v) is 3.82. The van der Waals surface area contributed by atoms with Gasteiger partial charge < -0.3 is 15.8 Å². The number of anilines is 1. The molecule has 3 aromatic heterocycles. The summed E-state index contributed by atoms with van der Waals surface area (Å²) in [4.78, 5) is 16.4. The summed E-state index contributed by atoms with van der Waals surface area (Å²) in [5.41, 5.74) is 9.77. The molecular formula is C22H25N5O2. The molecule has 0 saturated heterocycles. The van der Waals surface area contributed by atoms with Gasteiger partial charge in [-0.2, -0.15) is 5.10 Å². The Morgan fingerprint density at radius 2 is 2.14 bits per heavy atom. The fraction of sp³-hybridized carbons (Fsp3) is 0.409. The third-order valence-electron chi connectivity index (χ3n) is 5.72. The first-order valence-electron chi connectivity index (χ1n) is 10.2. The first-order valence-corrected chi connectivity index (χ1v) is 10.2. The highest BCUT2D eigenvalue weighted by Gasteiger charge is 2.30. The molecule has 3 aromatic rings. The van der Waals surface area contributed by atoms with Crippen molar-refractivity contribution in [1.29, 1.82) is 0 Å². The van der Waals surface area contributed by atoms with Crippen LogP contribution in [0, 0.1) is 18.8 Å². The number of aryl methyl sites for hydroxylation is 1. The van der Waals surface area contributed by atoms with Gasteiger partial charge in [0, 0.05) is 35.5 Å². The molecule has 29 heavy (non-hydrogen) atoms. The molecule has 2 aliphatic carbocycles. The summed E-state index contributed by atoms with van der Waals surface area (Å²) < 4.78 is 7.88. The van der Waals surface area contributed by atoms with Crippen molar-refractivity contribution in [3.05, 3.63) is 42.4 Å². The zero-order chi connectivity index (χ0) is 20.0. The van der Waals surface area contributed by atoms with Crippen molar-refractivity contribution in [2.75, 3.05) is 11.9 Å². The van der Waals surface area contributed by atoms with Crippen LogP contribution >= 0.6 is 0 Å². The molecule has 2 saturated carbocycles. The standard InChI is InChI=1S/C22H25N5O2/c1-13-6-19(20(11-24-13)29-12-14-7-17(23)8-14)16-4-5-27-18(9-16)10-21(26-27)25-22(28)15-2-3-15/h4-6,9-11,14-15,17H,2-3,7-8,12,23H2,1H3,(H,25,26,28). The van der Waals surface area contributed by atoms with E-state index < -0.39 is 0 Å². The van der Waals surface area contributed by atoms with Crippen LogP contribution in [-0.2, 0) is 4.79 Å². The number of hydrogen-bond donors (Lipinski definition) is 2. The molecule has 3 N–H and O–H groups in total. The number of rotatable bonds is 6. The van der Waals surface area contributed by atoms with Crippen LogP contribution in [0.25, 0.3) is 16.6 Å². The molecule has 2 aliphatic rings. The smallest absolute Gasteiger partial charge is 0.228 e. The molecule has 5 rings (SSSR count). The number of carbonyl (C=O) groups is 1. The average molecular weight is 391 g/mol. The predicted octanol–water partition coefficient (Wildman–Crippen LogP) is 3.17. The lowest BCUT2D eigenvalue weighted by Gasteiger charge is -2.32. The Hall–Kier alpha value is -2.93. The minimum Gasteiger partial charge on any atom is -0.491 e. The first-order chi connectivity index (χ1) is 14.0. The molecule has 0 spiro atoms. The van der Waals surface area contributed by atoms with Gasteiger partial charge in [0.1, 0.15) is 5.75 Å². The number of nitrogens with one attached hydrogen (secondary N) is 1. The number of ether oxygens (including phenoxy) is 1. The number of carbonyl (C=O) groups excluding carboxylic acids is 1. The zero-order valence-corrected chi connectivity index (χ0v) is 16.5. The summed E-state index contributed by atoms with van der Waals surface area (Å²) in [6.07, 6.45) is 7.69. The summed E-state index contributed by atoms with van der Waals surface area (Å²) >= 11 is 0. The van der Waals surface area contributed by atoms with Crippen molar-refractivity contribution >= 4 is 17.2 Å². The quantitative estimate of drug-likeness (QED) is 0.673. The Balaban J connectivity index is 1.40. The molecule has 0 unspecified atom stereocenters. The van der Waals surface area contributed by atoms with Crippen molar-refractivity contribution in [2.24, 2.45) is 17.6 Å². The Morgan fingerprint density at radius 1 is 1.31 bits per heavy atom. The monoisotopic (exact) mass is 391 g/mol. The van der Waals surface area contributed by atoms with Gasteiger partial charge in [-0.05, 0) is 62.3 Å². The number of pyridine rings is 2. The molecule has 1 amide bonds. The summed E-state index contributed by atoms with van der Waals surface area (Å²) in [6, 6.07) is 8.32. The van der Waals surface area contributed by atoms with Crippen LogP contribution in [0.3, 0.4) is 0 Å². The first kappa shape index (κ1) is 18.1. The molecule has 3 heterocycles. The van der Waals surface area contributed by atoms with Gasteiger partial charge in [0.15, 0.2) is 5.82 Å². The van der Waals surface area contributed by atoms with E-state index in [2.05, 4.69) is 21.5 Å². The molecule has 7 heteroatoms. The summed E-state index contributed by atoms with van der Waals surface area (Å²) in [6.45, 7) is 2.64. The fourth-order valence-electron chi connectivity index (χ4n) is 3.82. The number of aromatic nitrogens is 3. The van der Waals surface area contributed by atoms with Crippen LogP contribution < -0.4 is 15.8 Å². The normalized spacial score (nSPS) is 21.0. The van der Waals surface area contributed by atoms with Gasteiger partial charge in [-0.25, -0.2) is 4.52 Å². The Bertz CT molecular complexity index is 1070. The maximum absolute atomic E-state index is 12.0. The van der Waals surface area contributed by atoms with Gasteiger partial charge in [0.25, 0.3) is 0 Å².